The first kappa shape index (κ1) is 21.2. The minimum absolute atomic E-state index is 0.0689. The number of rotatable bonds is 6. The molecular formula is C18H18N4O7. The van der Waals surface area contributed by atoms with Crippen molar-refractivity contribution in [2.45, 2.75) is 0 Å². The Hall–Kier alpha value is -4.15. The molecule has 11 heteroatoms. The van der Waals surface area contributed by atoms with E-state index in [-0.39, 0.29) is 23.5 Å². The lowest BCUT2D eigenvalue weighted by Crippen LogP contribution is -2.06. The Morgan fingerprint density at radius 1 is 1.07 bits per heavy atom. The molecule has 0 saturated carbocycles. The molecule has 0 aliphatic carbocycles. The smallest absolute Gasteiger partial charge is 0.339 e. The van der Waals surface area contributed by atoms with Gasteiger partial charge < -0.3 is 24.4 Å². The summed E-state index contributed by atoms with van der Waals surface area (Å²) in [7, 11) is 4.22. The molecule has 3 rings (SSSR count). The minimum Gasteiger partial charge on any atom is -0.492 e. The SMILES string of the molecule is COc1c(C(=O)O)cc(-c2ccc(-n3ccnc3)nn2)c(OC)c1OC.O=CO. The number of hydrogen-bond donors (Lipinski definition) is 2. The lowest BCUT2D eigenvalue weighted by molar-refractivity contribution is -0.122. The highest BCUT2D eigenvalue weighted by Gasteiger charge is 2.25. The number of ether oxygens (including phenoxy) is 3. The van der Waals surface area contributed by atoms with E-state index in [1.54, 1.807) is 35.4 Å². The fraction of sp³-hybridized carbons (Fsp3) is 0.167. The number of benzene rings is 1. The summed E-state index contributed by atoms with van der Waals surface area (Å²) >= 11 is 0. The molecule has 0 aliphatic rings. The van der Waals surface area contributed by atoms with Gasteiger partial charge in [-0.15, -0.1) is 10.2 Å². The molecule has 0 spiro atoms. The zero-order valence-electron chi connectivity index (χ0n) is 15.8. The fourth-order valence-corrected chi connectivity index (χ4v) is 2.56. The number of aromatic carboxylic acids is 1. The van der Waals surface area contributed by atoms with Crippen molar-refractivity contribution in [3.8, 4) is 34.3 Å². The van der Waals surface area contributed by atoms with Crippen LogP contribution in [0.15, 0.2) is 36.9 Å². The van der Waals surface area contributed by atoms with Crippen molar-refractivity contribution in [3.63, 3.8) is 0 Å². The monoisotopic (exact) mass is 402 g/mol. The molecule has 0 bridgehead atoms. The molecule has 0 atom stereocenters. The van der Waals surface area contributed by atoms with Crippen LogP contribution >= 0.6 is 0 Å². The van der Waals surface area contributed by atoms with E-state index in [1.165, 1.54) is 27.4 Å². The number of carboxylic acids is 1. The fourth-order valence-electron chi connectivity index (χ4n) is 2.56. The quantitative estimate of drug-likeness (QED) is 0.585. The Labute approximate surface area is 165 Å². The van der Waals surface area contributed by atoms with Gasteiger partial charge in [-0.3, -0.25) is 9.36 Å². The lowest BCUT2D eigenvalue weighted by Gasteiger charge is -2.17. The van der Waals surface area contributed by atoms with E-state index in [9.17, 15) is 9.90 Å². The molecule has 0 aliphatic heterocycles. The predicted molar refractivity (Wildman–Crippen MR) is 99.9 cm³/mol. The number of carbonyl (C=O) groups is 2. The van der Waals surface area contributed by atoms with E-state index in [4.69, 9.17) is 24.1 Å². The van der Waals surface area contributed by atoms with Crippen molar-refractivity contribution >= 4 is 12.4 Å². The largest absolute Gasteiger partial charge is 0.492 e. The van der Waals surface area contributed by atoms with Crippen molar-refractivity contribution in [1.82, 2.24) is 19.7 Å². The molecule has 11 nitrogen and oxygen atoms in total. The summed E-state index contributed by atoms with van der Waals surface area (Å²) in [6.07, 6.45) is 4.97. The van der Waals surface area contributed by atoms with Crippen LogP contribution in [0.2, 0.25) is 0 Å². The molecule has 0 fully saturated rings. The lowest BCUT2D eigenvalue weighted by atomic mass is 10.0. The molecule has 0 radical (unpaired) electrons. The highest BCUT2D eigenvalue weighted by molar-refractivity contribution is 5.95. The first-order valence-electron chi connectivity index (χ1n) is 7.98. The summed E-state index contributed by atoms with van der Waals surface area (Å²) in [6.45, 7) is -0.250. The third kappa shape index (κ3) is 4.40. The molecule has 0 saturated heterocycles. The molecule has 2 N–H and O–H groups in total. The summed E-state index contributed by atoms with van der Waals surface area (Å²) in [5.41, 5.74) is 0.780. The van der Waals surface area contributed by atoms with E-state index in [0.717, 1.165) is 0 Å². The Morgan fingerprint density at radius 2 is 1.72 bits per heavy atom. The maximum absolute atomic E-state index is 11.6. The third-order valence-corrected chi connectivity index (χ3v) is 3.73. The van der Waals surface area contributed by atoms with Crippen LogP contribution < -0.4 is 14.2 Å². The Kier molecular flexibility index (Phi) is 7.07. The Bertz CT molecular complexity index is 973. The first-order chi connectivity index (χ1) is 14.0. The van der Waals surface area contributed by atoms with Gasteiger partial charge in [-0.1, -0.05) is 0 Å². The van der Waals surface area contributed by atoms with Crippen LogP contribution in [0.4, 0.5) is 0 Å². The van der Waals surface area contributed by atoms with Crippen LogP contribution in [0.1, 0.15) is 10.4 Å². The van der Waals surface area contributed by atoms with Crippen molar-refractivity contribution in [2.24, 2.45) is 0 Å². The van der Waals surface area contributed by atoms with Crippen LogP contribution in [0.5, 0.6) is 17.2 Å². The van der Waals surface area contributed by atoms with E-state index in [0.29, 0.717) is 22.8 Å². The minimum atomic E-state index is -1.16. The van der Waals surface area contributed by atoms with Gasteiger partial charge in [0.25, 0.3) is 6.47 Å². The normalized spacial score (nSPS) is 9.76. The average Bonchev–Trinajstić information content (AvgIpc) is 3.27. The number of imidazole rings is 1. The van der Waals surface area contributed by atoms with Crippen LogP contribution in [0.3, 0.4) is 0 Å². The topological polar surface area (TPSA) is 146 Å². The van der Waals surface area contributed by atoms with Gasteiger partial charge in [-0.25, -0.2) is 9.78 Å². The van der Waals surface area contributed by atoms with Gasteiger partial charge in [0.2, 0.25) is 5.75 Å². The second-order valence-electron chi connectivity index (χ2n) is 5.23. The van der Waals surface area contributed by atoms with Crippen molar-refractivity contribution in [3.05, 3.63) is 42.5 Å². The summed E-state index contributed by atoms with van der Waals surface area (Å²) in [5.74, 6) is -0.0378. The highest BCUT2D eigenvalue weighted by atomic mass is 16.5. The molecule has 2 heterocycles. The van der Waals surface area contributed by atoms with Gasteiger partial charge in [-0.2, -0.15) is 0 Å². The van der Waals surface area contributed by atoms with Crippen LogP contribution in [0.25, 0.3) is 17.1 Å². The van der Waals surface area contributed by atoms with Crippen LogP contribution in [-0.4, -0.2) is 63.7 Å². The van der Waals surface area contributed by atoms with Gasteiger partial charge in [0.15, 0.2) is 17.3 Å². The zero-order valence-corrected chi connectivity index (χ0v) is 15.8. The van der Waals surface area contributed by atoms with Crippen molar-refractivity contribution in [1.29, 1.82) is 0 Å². The van der Waals surface area contributed by atoms with Gasteiger partial charge in [0.05, 0.1) is 27.0 Å². The zero-order chi connectivity index (χ0) is 21.4. The molecule has 2 aromatic heterocycles. The second-order valence-corrected chi connectivity index (χ2v) is 5.23. The van der Waals surface area contributed by atoms with E-state index >= 15 is 0 Å². The molecule has 1 aromatic carbocycles. The number of aromatic nitrogens is 4. The van der Waals surface area contributed by atoms with E-state index in [1.807, 2.05) is 0 Å². The Balaban J connectivity index is 0.000000941. The molecule has 0 amide bonds. The van der Waals surface area contributed by atoms with Gasteiger partial charge >= 0.3 is 5.97 Å². The number of carboxylic acid groups (broad SMARTS) is 2. The number of methoxy groups -OCH3 is 3. The molecule has 152 valence electrons. The Morgan fingerprint density at radius 3 is 2.17 bits per heavy atom. The van der Waals surface area contributed by atoms with Crippen molar-refractivity contribution < 1.29 is 34.0 Å². The predicted octanol–water partition coefficient (Wildman–Crippen LogP) is 1.75. The molecule has 0 unspecified atom stereocenters. The van der Waals surface area contributed by atoms with Crippen LogP contribution in [0, 0.1) is 0 Å². The maximum Gasteiger partial charge on any atom is 0.339 e. The highest BCUT2D eigenvalue weighted by Crippen LogP contribution is 2.46. The first-order valence-corrected chi connectivity index (χ1v) is 7.98. The van der Waals surface area contributed by atoms with E-state index in [2.05, 4.69) is 15.2 Å². The van der Waals surface area contributed by atoms with Crippen LogP contribution in [-0.2, 0) is 4.79 Å². The molecule has 29 heavy (non-hydrogen) atoms. The average molecular weight is 402 g/mol. The maximum atomic E-state index is 11.6. The van der Waals surface area contributed by atoms with Crippen molar-refractivity contribution in [2.75, 3.05) is 21.3 Å². The molecule has 3 aromatic rings. The second kappa shape index (κ2) is 9.69. The standard InChI is InChI=1S/C17H16N4O5.CH2O2/c1-24-14-10(8-11(17(22)23)15(25-2)16(14)26-3)12-4-5-13(20-19-12)21-7-6-18-9-21;2-1-3/h4-9H,1-3H3,(H,22,23);1H,(H,2,3). The number of nitrogens with zero attached hydrogens (tertiary/aromatic N) is 4. The summed E-state index contributed by atoms with van der Waals surface area (Å²) < 4.78 is 17.6. The number of hydrogen-bond acceptors (Lipinski definition) is 8. The van der Waals surface area contributed by atoms with Gasteiger partial charge in [-0.05, 0) is 18.2 Å². The molecular weight excluding hydrogens is 384 g/mol. The third-order valence-electron chi connectivity index (χ3n) is 3.73. The van der Waals surface area contributed by atoms with Gasteiger partial charge in [0.1, 0.15) is 11.9 Å². The summed E-state index contributed by atoms with van der Waals surface area (Å²) in [5, 5.41) is 24.7. The summed E-state index contributed by atoms with van der Waals surface area (Å²) in [4.78, 5) is 23.9. The van der Waals surface area contributed by atoms with E-state index < -0.39 is 5.97 Å². The van der Waals surface area contributed by atoms with Gasteiger partial charge in [0, 0.05) is 18.0 Å². The summed E-state index contributed by atoms with van der Waals surface area (Å²) in [6, 6.07) is 4.86.